The van der Waals surface area contributed by atoms with Gasteiger partial charge in [0.05, 0.1) is 17.7 Å². The molecule has 0 saturated carbocycles. The number of carbonyl (C=O) groups is 2. The lowest BCUT2D eigenvalue weighted by atomic mass is 10.1. The second-order valence-electron chi connectivity index (χ2n) is 9.22. The normalized spacial score (nSPS) is 12.1. The highest BCUT2D eigenvalue weighted by Gasteiger charge is 2.34. The molecule has 208 valence electrons. The van der Waals surface area contributed by atoms with E-state index >= 15 is 0 Å². The Labute approximate surface area is 235 Å². The molecule has 0 fully saturated rings. The SMILES string of the molecule is CCC(C(=O)NC(C)C)N(Cc1ccccc1Cl)C(=O)CN(c1ccccc1)S(=O)(=O)c1ccc(OC)cc1. The van der Waals surface area contributed by atoms with E-state index < -0.39 is 28.5 Å². The van der Waals surface area contributed by atoms with E-state index in [-0.39, 0.29) is 23.4 Å². The van der Waals surface area contributed by atoms with Gasteiger partial charge in [-0.15, -0.1) is 0 Å². The predicted molar refractivity (Wildman–Crippen MR) is 153 cm³/mol. The minimum Gasteiger partial charge on any atom is -0.497 e. The molecule has 3 aromatic carbocycles. The number of rotatable bonds is 12. The van der Waals surface area contributed by atoms with Gasteiger partial charge in [-0.1, -0.05) is 54.9 Å². The van der Waals surface area contributed by atoms with Crippen LogP contribution in [0.2, 0.25) is 5.02 Å². The van der Waals surface area contributed by atoms with Gasteiger partial charge in [-0.2, -0.15) is 0 Å². The number of benzene rings is 3. The Morgan fingerprint density at radius 3 is 2.13 bits per heavy atom. The fourth-order valence-electron chi connectivity index (χ4n) is 4.11. The molecular weight excluding hydrogens is 538 g/mol. The Hall–Kier alpha value is -3.56. The maximum absolute atomic E-state index is 14.0. The van der Waals surface area contributed by atoms with E-state index in [1.807, 2.05) is 13.8 Å². The Morgan fingerprint density at radius 2 is 1.56 bits per heavy atom. The molecule has 2 amide bonds. The molecule has 39 heavy (non-hydrogen) atoms. The molecule has 10 heteroatoms. The molecule has 8 nitrogen and oxygen atoms in total. The molecule has 3 aromatic rings. The molecule has 0 radical (unpaired) electrons. The van der Waals surface area contributed by atoms with Crippen molar-refractivity contribution in [1.29, 1.82) is 0 Å². The number of anilines is 1. The molecule has 0 bridgehead atoms. The van der Waals surface area contributed by atoms with Crippen molar-refractivity contribution in [2.24, 2.45) is 0 Å². The summed E-state index contributed by atoms with van der Waals surface area (Å²) in [6.07, 6.45) is 0.325. The molecule has 0 aliphatic heterocycles. The molecule has 0 spiro atoms. The largest absolute Gasteiger partial charge is 0.497 e. The molecule has 1 N–H and O–H groups in total. The third-order valence-corrected chi connectivity index (χ3v) is 8.24. The minimum atomic E-state index is -4.16. The van der Waals surface area contributed by atoms with Crippen molar-refractivity contribution in [2.75, 3.05) is 18.0 Å². The van der Waals surface area contributed by atoms with Crippen LogP contribution in [0.25, 0.3) is 0 Å². The standard InChI is InChI=1S/C29H34ClN3O5S/c1-5-27(29(35)31-21(2)3)32(19-22-11-9-10-14-26(22)30)28(34)20-33(23-12-7-6-8-13-23)39(36,37)25-17-15-24(38-4)16-18-25/h6-18,21,27H,5,19-20H2,1-4H3,(H,31,35). The van der Waals surface area contributed by atoms with Gasteiger partial charge >= 0.3 is 0 Å². The molecule has 0 heterocycles. The second-order valence-corrected chi connectivity index (χ2v) is 11.5. The molecule has 1 atom stereocenters. The van der Waals surface area contributed by atoms with Gasteiger partial charge in [0.25, 0.3) is 10.0 Å². The van der Waals surface area contributed by atoms with Crippen molar-refractivity contribution in [1.82, 2.24) is 10.2 Å². The fraction of sp³-hybridized carbons (Fsp3) is 0.310. The monoisotopic (exact) mass is 571 g/mol. The predicted octanol–water partition coefficient (Wildman–Crippen LogP) is 4.88. The van der Waals surface area contributed by atoms with Gasteiger partial charge in [0.1, 0.15) is 18.3 Å². The van der Waals surface area contributed by atoms with Gasteiger partial charge in [-0.3, -0.25) is 13.9 Å². The molecule has 1 unspecified atom stereocenters. The first kappa shape index (κ1) is 30.0. The van der Waals surface area contributed by atoms with Gasteiger partial charge in [-0.25, -0.2) is 8.42 Å². The molecule has 0 saturated heterocycles. The van der Waals surface area contributed by atoms with E-state index in [4.69, 9.17) is 16.3 Å². The molecule has 0 aliphatic rings. The van der Waals surface area contributed by atoms with Crippen LogP contribution in [0.1, 0.15) is 32.8 Å². The van der Waals surface area contributed by atoms with E-state index in [9.17, 15) is 18.0 Å². The maximum Gasteiger partial charge on any atom is 0.264 e. The summed E-state index contributed by atoms with van der Waals surface area (Å²) in [5.41, 5.74) is 0.964. The summed E-state index contributed by atoms with van der Waals surface area (Å²) in [6.45, 7) is 5.00. The highest BCUT2D eigenvalue weighted by molar-refractivity contribution is 7.92. The van der Waals surface area contributed by atoms with Crippen molar-refractivity contribution in [3.63, 3.8) is 0 Å². The smallest absolute Gasteiger partial charge is 0.264 e. The third-order valence-electron chi connectivity index (χ3n) is 6.09. The summed E-state index contributed by atoms with van der Waals surface area (Å²) < 4.78 is 33.9. The molecule has 0 aromatic heterocycles. The van der Waals surface area contributed by atoms with Gasteiger partial charge < -0.3 is 15.0 Å². The summed E-state index contributed by atoms with van der Waals surface area (Å²) in [6, 6.07) is 20.4. The van der Waals surface area contributed by atoms with Gasteiger partial charge in [0, 0.05) is 17.6 Å². The molecule has 0 aliphatic carbocycles. The Balaban J connectivity index is 2.05. The third kappa shape index (κ3) is 7.52. The zero-order chi connectivity index (χ0) is 28.6. The summed E-state index contributed by atoms with van der Waals surface area (Å²) in [5, 5.41) is 3.32. The Morgan fingerprint density at radius 1 is 0.949 bits per heavy atom. The lowest BCUT2D eigenvalue weighted by Crippen LogP contribution is -2.53. The first-order chi connectivity index (χ1) is 18.6. The van der Waals surface area contributed by atoms with Gasteiger partial charge in [-0.05, 0) is 68.3 Å². The zero-order valence-corrected chi connectivity index (χ0v) is 24.1. The summed E-state index contributed by atoms with van der Waals surface area (Å²) in [4.78, 5) is 28.6. The Kier molecular flexibility index (Phi) is 10.4. The molecular formula is C29H34ClN3O5S. The van der Waals surface area contributed by atoms with E-state index in [2.05, 4.69) is 5.32 Å². The van der Waals surface area contributed by atoms with Crippen LogP contribution < -0.4 is 14.4 Å². The zero-order valence-electron chi connectivity index (χ0n) is 22.5. The van der Waals surface area contributed by atoms with Gasteiger partial charge in [0.2, 0.25) is 11.8 Å². The van der Waals surface area contributed by atoms with Crippen LogP contribution in [0.15, 0.2) is 83.8 Å². The summed E-state index contributed by atoms with van der Waals surface area (Å²) in [5.74, 6) is -0.358. The summed E-state index contributed by atoms with van der Waals surface area (Å²) in [7, 11) is -2.67. The van der Waals surface area contributed by atoms with Crippen LogP contribution in [0, 0.1) is 0 Å². The molecule has 3 rings (SSSR count). The highest BCUT2D eigenvalue weighted by atomic mass is 35.5. The number of ether oxygens (including phenoxy) is 1. The minimum absolute atomic E-state index is 0.00204. The number of hydrogen-bond donors (Lipinski definition) is 1. The number of halogens is 1. The fourth-order valence-corrected chi connectivity index (χ4v) is 5.72. The highest BCUT2D eigenvalue weighted by Crippen LogP contribution is 2.26. The second kappa shape index (κ2) is 13.5. The number of hydrogen-bond acceptors (Lipinski definition) is 5. The number of amides is 2. The van der Waals surface area contributed by atoms with Crippen LogP contribution >= 0.6 is 11.6 Å². The first-order valence-corrected chi connectivity index (χ1v) is 14.4. The van der Waals surface area contributed by atoms with Crippen molar-refractivity contribution in [2.45, 2.75) is 50.7 Å². The lowest BCUT2D eigenvalue weighted by Gasteiger charge is -2.33. The average molecular weight is 572 g/mol. The van der Waals surface area contributed by atoms with Crippen LogP contribution in [0.5, 0.6) is 5.75 Å². The lowest BCUT2D eigenvalue weighted by molar-refractivity contribution is -0.140. The Bertz CT molecular complexity index is 1370. The van der Waals surface area contributed by atoms with E-state index in [0.717, 1.165) is 4.31 Å². The number of sulfonamides is 1. The van der Waals surface area contributed by atoms with Crippen LogP contribution in [0.4, 0.5) is 5.69 Å². The quantitative estimate of drug-likeness (QED) is 0.334. The van der Waals surface area contributed by atoms with Crippen LogP contribution in [0.3, 0.4) is 0 Å². The van der Waals surface area contributed by atoms with Crippen molar-refractivity contribution < 1.29 is 22.7 Å². The summed E-state index contributed by atoms with van der Waals surface area (Å²) >= 11 is 6.41. The maximum atomic E-state index is 14.0. The number of carbonyl (C=O) groups excluding carboxylic acids is 2. The van der Waals surface area contributed by atoms with Crippen LogP contribution in [-0.2, 0) is 26.2 Å². The average Bonchev–Trinajstić information content (AvgIpc) is 2.92. The van der Waals surface area contributed by atoms with Crippen molar-refractivity contribution >= 4 is 39.1 Å². The van der Waals surface area contributed by atoms with E-state index in [0.29, 0.717) is 28.4 Å². The topological polar surface area (TPSA) is 96.0 Å². The van der Waals surface area contributed by atoms with E-state index in [1.165, 1.54) is 24.1 Å². The number of methoxy groups -OCH3 is 1. The van der Waals surface area contributed by atoms with E-state index in [1.54, 1.807) is 73.7 Å². The van der Waals surface area contributed by atoms with Crippen molar-refractivity contribution in [3.05, 3.63) is 89.4 Å². The number of nitrogens with zero attached hydrogens (tertiary/aromatic N) is 2. The van der Waals surface area contributed by atoms with Crippen LogP contribution in [-0.4, -0.2) is 50.9 Å². The first-order valence-electron chi connectivity index (χ1n) is 12.6. The number of nitrogens with one attached hydrogen (secondary N) is 1. The van der Waals surface area contributed by atoms with Crippen molar-refractivity contribution in [3.8, 4) is 5.75 Å². The number of para-hydroxylation sites is 1. The van der Waals surface area contributed by atoms with Gasteiger partial charge in [0.15, 0.2) is 0 Å².